The summed E-state index contributed by atoms with van der Waals surface area (Å²) in [4.78, 5) is 19.0. The van der Waals surface area contributed by atoms with E-state index in [1.54, 1.807) is 11.3 Å². The summed E-state index contributed by atoms with van der Waals surface area (Å²) in [6.07, 6.45) is 1.01. The first-order valence-corrected chi connectivity index (χ1v) is 9.28. The number of hydrogen-bond acceptors (Lipinski definition) is 5. The molecule has 1 aromatic carbocycles. The van der Waals surface area contributed by atoms with Crippen LogP contribution in [0.15, 0.2) is 29.6 Å². The highest BCUT2D eigenvalue weighted by Gasteiger charge is 2.39. The fourth-order valence-corrected chi connectivity index (χ4v) is 3.83. The van der Waals surface area contributed by atoms with Gasteiger partial charge in [0.15, 0.2) is 5.13 Å². The fourth-order valence-electron chi connectivity index (χ4n) is 2.94. The molecule has 6 heteroatoms. The molecule has 1 aliphatic carbocycles. The third-order valence-corrected chi connectivity index (χ3v) is 5.57. The Morgan fingerprint density at radius 1 is 1.29 bits per heavy atom. The van der Waals surface area contributed by atoms with Crippen LogP contribution in [-0.2, 0) is 9.53 Å². The van der Waals surface area contributed by atoms with E-state index in [1.807, 2.05) is 24.3 Å². The number of nitrogens with one attached hydrogen (secondary N) is 1. The minimum Gasteiger partial charge on any atom is -0.378 e. The van der Waals surface area contributed by atoms with E-state index in [0.29, 0.717) is 5.92 Å². The van der Waals surface area contributed by atoms with E-state index in [1.165, 1.54) is 0 Å². The van der Waals surface area contributed by atoms with Crippen molar-refractivity contribution in [2.75, 3.05) is 36.5 Å². The molecular formula is C18H21N3O2S. The molecule has 1 amide bonds. The standard InChI is InChI=1S/C18H21N3O2S/c1-12-10-15(12)17(22)19-14-4-2-13(3-5-14)16-11-24-18(20-16)21-6-8-23-9-7-21/h2-5,11-12,15H,6-10H2,1H3,(H,19,22)/t12-,15+/m0/s1. The molecule has 24 heavy (non-hydrogen) atoms. The number of carbonyl (C=O) groups is 1. The van der Waals surface area contributed by atoms with E-state index in [0.717, 1.165) is 54.8 Å². The molecule has 1 saturated carbocycles. The van der Waals surface area contributed by atoms with Gasteiger partial charge in [0.2, 0.25) is 5.91 Å². The molecule has 1 saturated heterocycles. The largest absolute Gasteiger partial charge is 0.378 e. The van der Waals surface area contributed by atoms with Crippen molar-refractivity contribution in [3.63, 3.8) is 0 Å². The molecule has 5 nitrogen and oxygen atoms in total. The number of carbonyl (C=O) groups excluding carboxylic acids is 1. The summed E-state index contributed by atoms with van der Waals surface area (Å²) in [5, 5.41) is 6.13. The van der Waals surface area contributed by atoms with E-state index >= 15 is 0 Å². The third kappa shape index (κ3) is 3.30. The molecule has 1 aromatic heterocycles. The Morgan fingerprint density at radius 3 is 2.67 bits per heavy atom. The lowest BCUT2D eigenvalue weighted by molar-refractivity contribution is -0.117. The van der Waals surface area contributed by atoms with Gasteiger partial charge in [0.05, 0.1) is 18.9 Å². The van der Waals surface area contributed by atoms with Crippen LogP contribution in [0.25, 0.3) is 11.3 Å². The van der Waals surface area contributed by atoms with Gasteiger partial charge in [-0.1, -0.05) is 19.1 Å². The van der Waals surface area contributed by atoms with E-state index in [-0.39, 0.29) is 11.8 Å². The summed E-state index contributed by atoms with van der Waals surface area (Å²) in [5.41, 5.74) is 2.91. The molecule has 4 rings (SSSR count). The molecule has 1 N–H and O–H groups in total. The maximum absolute atomic E-state index is 12.0. The smallest absolute Gasteiger partial charge is 0.227 e. The van der Waals surface area contributed by atoms with E-state index in [4.69, 9.17) is 9.72 Å². The van der Waals surface area contributed by atoms with Gasteiger partial charge in [-0.15, -0.1) is 11.3 Å². The molecule has 0 unspecified atom stereocenters. The van der Waals surface area contributed by atoms with Crippen LogP contribution in [0.3, 0.4) is 0 Å². The van der Waals surface area contributed by atoms with Gasteiger partial charge in [-0.05, 0) is 24.5 Å². The summed E-state index contributed by atoms with van der Waals surface area (Å²) >= 11 is 1.67. The van der Waals surface area contributed by atoms with Gasteiger partial charge >= 0.3 is 0 Å². The van der Waals surface area contributed by atoms with Gasteiger partial charge in [0, 0.05) is 35.6 Å². The lowest BCUT2D eigenvalue weighted by Gasteiger charge is -2.26. The quantitative estimate of drug-likeness (QED) is 0.926. The van der Waals surface area contributed by atoms with Crippen LogP contribution in [-0.4, -0.2) is 37.2 Å². The van der Waals surface area contributed by atoms with E-state index in [2.05, 4.69) is 22.5 Å². The molecule has 1 aliphatic heterocycles. The first-order valence-electron chi connectivity index (χ1n) is 8.40. The van der Waals surface area contributed by atoms with Crippen molar-refractivity contribution < 1.29 is 9.53 Å². The zero-order chi connectivity index (χ0) is 16.5. The van der Waals surface area contributed by atoms with Gasteiger partial charge < -0.3 is 15.0 Å². The van der Waals surface area contributed by atoms with Gasteiger partial charge in [-0.25, -0.2) is 4.98 Å². The second-order valence-electron chi connectivity index (χ2n) is 6.50. The third-order valence-electron chi connectivity index (χ3n) is 4.67. The van der Waals surface area contributed by atoms with Crippen LogP contribution >= 0.6 is 11.3 Å². The van der Waals surface area contributed by atoms with Crippen molar-refractivity contribution in [2.24, 2.45) is 11.8 Å². The highest BCUT2D eigenvalue weighted by Crippen LogP contribution is 2.38. The molecule has 126 valence electrons. The predicted molar refractivity (Wildman–Crippen MR) is 96.5 cm³/mol. The molecule has 2 heterocycles. The molecule has 2 fully saturated rings. The van der Waals surface area contributed by atoms with E-state index in [9.17, 15) is 4.79 Å². The zero-order valence-corrected chi connectivity index (χ0v) is 14.5. The fraction of sp³-hybridized carbons (Fsp3) is 0.444. The lowest BCUT2D eigenvalue weighted by Crippen LogP contribution is -2.36. The molecule has 2 aliphatic rings. The molecule has 0 spiro atoms. The number of benzene rings is 1. The lowest BCUT2D eigenvalue weighted by atomic mass is 10.1. The van der Waals surface area contributed by atoms with Gasteiger partial charge in [-0.3, -0.25) is 4.79 Å². The Bertz CT molecular complexity index is 722. The van der Waals surface area contributed by atoms with Crippen molar-refractivity contribution in [3.05, 3.63) is 29.6 Å². The van der Waals surface area contributed by atoms with Crippen molar-refractivity contribution in [1.82, 2.24) is 4.98 Å². The number of ether oxygens (including phenoxy) is 1. The van der Waals surface area contributed by atoms with Crippen molar-refractivity contribution in [1.29, 1.82) is 0 Å². The van der Waals surface area contributed by atoms with Crippen molar-refractivity contribution >= 4 is 28.1 Å². The summed E-state index contributed by atoms with van der Waals surface area (Å²) in [7, 11) is 0. The number of rotatable bonds is 4. The Hall–Kier alpha value is -1.92. The average molecular weight is 343 g/mol. The van der Waals surface area contributed by atoms with Gasteiger partial charge in [0.1, 0.15) is 0 Å². The van der Waals surface area contributed by atoms with Crippen LogP contribution in [0.2, 0.25) is 0 Å². The Balaban J connectivity index is 1.43. The van der Waals surface area contributed by atoms with Crippen LogP contribution in [0.1, 0.15) is 13.3 Å². The normalized spacial score (nSPS) is 23.1. The summed E-state index contributed by atoms with van der Waals surface area (Å²) < 4.78 is 5.39. The van der Waals surface area contributed by atoms with Gasteiger partial charge in [0.25, 0.3) is 0 Å². The second-order valence-corrected chi connectivity index (χ2v) is 7.34. The minimum absolute atomic E-state index is 0.138. The maximum Gasteiger partial charge on any atom is 0.227 e. The summed E-state index contributed by atoms with van der Waals surface area (Å²) in [6, 6.07) is 7.94. The number of nitrogens with zero attached hydrogens (tertiary/aromatic N) is 2. The monoisotopic (exact) mass is 343 g/mol. The van der Waals surface area contributed by atoms with Gasteiger partial charge in [-0.2, -0.15) is 0 Å². The Morgan fingerprint density at radius 2 is 2.00 bits per heavy atom. The first-order chi connectivity index (χ1) is 11.7. The van der Waals surface area contributed by atoms with Crippen molar-refractivity contribution in [3.8, 4) is 11.3 Å². The molecule has 0 bridgehead atoms. The zero-order valence-electron chi connectivity index (χ0n) is 13.7. The first kappa shape index (κ1) is 15.6. The molecular weight excluding hydrogens is 322 g/mol. The highest BCUT2D eigenvalue weighted by molar-refractivity contribution is 7.14. The number of hydrogen-bond donors (Lipinski definition) is 1. The number of morpholine rings is 1. The van der Waals surface area contributed by atoms with E-state index < -0.39 is 0 Å². The Kier molecular flexibility index (Phi) is 4.24. The number of aromatic nitrogens is 1. The van der Waals surface area contributed by atoms with Crippen LogP contribution < -0.4 is 10.2 Å². The summed E-state index contributed by atoms with van der Waals surface area (Å²) in [6.45, 7) is 5.45. The maximum atomic E-state index is 12.0. The topological polar surface area (TPSA) is 54.5 Å². The van der Waals surface area contributed by atoms with Crippen LogP contribution in [0.5, 0.6) is 0 Å². The predicted octanol–water partition coefficient (Wildman–Crippen LogP) is 3.24. The SMILES string of the molecule is C[C@H]1C[C@H]1C(=O)Nc1ccc(-c2csc(N3CCOCC3)n2)cc1. The second kappa shape index (κ2) is 6.53. The average Bonchev–Trinajstić information content (AvgIpc) is 3.16. The highest BCUT2D eigenvalue weighted by atomic mass is 32.1. The van der Waals surface area contributed by atoms with Crippen molar-refractivity contribution in [2.45, 2.75) is 13.3 Å². The number of amides is 1. The minimum atomic E-state index is 0.138. The molecule has 2 aromatic rings. The summed E-state index contributed by atoms with van der Waals surface area (Å²) in [5.74, 6) is 0.857. The van der Waals surface area contributed by atoms with Crippen LogP contribution in [0, 0.1) is 11.8 Å². The molecule has 2 atom stereocenters. The molecule has 0 radical (unpaired) electrons. The number of anilines is 2. The Labute approximate surface area is 145 Å². The van der Waals surface area contributed by atoms with Crippen LogP contribution in [0.4, 0.5) is 10.8 Å². The number of thiazole rings is 1.